The van der Waals surface area contributed by atoms with Crippen LogP contribution in [0.4, 0.5) is 0 Å². The fraction of sp³-hybridized carbons (Fsp3) is 0.462. The van der Waals surface area contributed by atoms with Gasteiger partial charge in [-0.2, -0.15) is 0 Å². The third kappa shape index (κ3) is 1.90. The van der Waals surface area contributed by atoms with Gasteiger partial charge in [-0.1, -0.05) is 20.8 Å². The highest BCUT2D eigenvalue weighted by Crippen LogP contribution is 2.36. The van der Waals surface area contributed by atoms with Gasteiger partial charge in [0, 0.05) is 12.5 Å². The summed E-state index contributed by atoms with van der Waals surface area (Å²) in [4.78, 5) is 11.9. The summed E-state index contributed by atoms with van der Waals surface area (Å²) in [7, 11) is 0. The van der Waals surface area contributed by atoms with Crippen LogP contribution in [0.3, 0.4) is 0 Å². The van der Waals surface area contributed by atoms with Gasteiger partial charge in [0.25, 0.3) is 0 Å². The number of carbonyl (C=O) groups is 1. The van der Waals surface area contributed by atoms with Crippen LogP contribution in [0.5, 0.6) is 11.5 Å². The first-order valence-electron chi connectivity index (χ1n) is 5.41. The summed E-state index contributed by atoms with van der Waals surface area (Å²) in [6, 6.07) is 4.63. The summed E-state index contributed by atoms with van der Waals surface area (Å²) >= 11 is 0. The lowest BCUT2D eigenvalue weighted by molar-refractivity contribution is 0.0543. The molecule has 1 atom stereocenters. The molecular weight excluding hydrogens is 204 g/mol. The molecule has 0 saturated heterocycles. The topological polar surface area (TPSA) is 46.5 Å². The maximum absolute atomic E-state index is 11.9. The number of phenols is 1. The molecule has 0 aliphatic carbocycles. The van der Waals surface area contributed by atoms with Gasteiger partial charge in [0.15, 0.2) is 5.78 Å². The molecule has 1 N–H and O–H groups in total. The standard InChI is InChI=1S/C13H16O3/c1-13(2,3)12-7-10(15)9-5-4-8(14)6-11(9)16-12/h4-6,12,14H,7H2,1-3H3. The van der Waals surface area contributed by atoms with E-state index in [9.17, 15) is 9.90 Å². The van der Waals surface area contributed by atoms with E-state index in [0.717, 1.165) is 0 Å². The SMILES string of the molecule is CC(C)(C)C1CC(=O)c2ccc(O)cc2O1. The zero-order valence-electron chi connectivity index (χ0n) is 9.78. The lowest BCUT2D eigenvalue weighted by Gasteiger charge is -2.34. The summed E-state index contributed by atoms with van der Waals surface area (Å²) in [5.74, 6) is 0.707. The second kappa shape index (κ2) is 3.51. The smallest absolute Gasteiger partial charge is 0.170 e. The number of phenolic OH excluding ortho intramolecular Hbond substituents is 1. The van der Waals surface area contributed by atoms with Gasteiger partial charge in [-0.15, -0.1) is 0 Å². The Bertz CT molecular complexity index is 429. The Morgan fingerprint density at radius 2 is 2.06 bits per heavy atom. The molecule has 3 nitrogen and oxygen atoms in total. The monoisotopic (exact) mass is 220 g/mol. The van der Waals surface area contributed by atoms with Crippen molar-refractivity contribution in [3.05, 3.63) is 23.8 Å². The van der Waals surface area contributed by atoms with E-state index >= 15 is 0 Å². The number of carbonyl (C=O) groups excluding carboxylic acids is 1. The molecule has 1 aromatic rings. The Labute approximate surface area is 95.0 Å². The van der Waals surface area contributed by atoms with Crippen molar-refractivity contribution in [3.8, 4) is 11.5 Å². The summed E-state index contributed by atoms with van der Waals surface area (Å²) in [5, 5.41) is 9.37. The number of hydrogen-bond donors (Lipinski definition) is 1. The van der Waals surface area contributed by atoms with Crippen molar-refractivity contribution in [2.75, 3.05) is 0 Å². The van der Waals surface area contributed by atoms with Gasteiger partial charge in [-0.05, 0) is 17.5 Å². The maximum Gasteiger partial charge on any atom is 0.170 e. The predicted molar refractivity (Wildman–Crippen MR) is 60.9 cm³/mol. The number of rotatable bonds is 0. The molecule has 1 aliphatic rings. The number of ether oxygens (including phenoxy) is 1. The maximum atomic E-state index is 11.9. The van der Waals surface area contributed by atoms with Crippen molar-refractivity contribution in [1.82, 2.24) is 0 Å². The minimum Gasteiger partial charge on any atom is -0.508 e. The van der Waals surface area contributed by atoms with E-state index in [1.54, 1.807) is 6.07 Å². The Kier molecular flexibility index (Phi) is 2.41. The van der Waals surface area contributed by atoms with Gasteiger partial charge in [0.1, 0.15) is 17.6 Å². The van der Waals surface area contributed by atoms with Crippen LogP contribution in [0.1, 0.15) is 37.6 Å². The molecule has 1 aliphatic heterocycles. The summed E-state index contributed by atoms with van der Waals surface area (Å²) in [5.41, 5.74) is 0.483. The number of ketones is 1. The Morgan fingerprint density at radius 3 is 2.69 bits per heavy atom. The minimum atomic E-state index is -0.130. The molecule has 0 fully saturated rings. The van der Waals surface area contributed by atoms with Crippen molar-refractivity contribution in [2.45, 2.75) is 33.3 Å². The first-order chi connectivity index (χ1) is 7.38. The van der Waals surface area contributed by atoms with Gasteiger partial charge < -0.3 is 9.84 Å². The molecule has 3 heteroatoms. The summed E-state index contributed by atoms with van der Waals surface area (Å²) in [6.07, 6.45) is 0.274. The second-order valence-corrected chi connectivity index (χ2v) is 5.28. The zero-order valence-corrected chi connectivity index (χ0v) is 9.78. The third-order valence-corrected chi connectivity index (χ3v) is 2.87. The van der Waals surface area contributed by atoms with E-state index in [4.69, 9.17) is 4.74 Å². The molecule has 86 valence electrons. The molecule has 0 aromatic heterocycles. The quantitative estimate of drug-likeness (QED) is 0.731. The zero-order chi connectivity index (χ0) is 11.9. The van der Waals surface area contributed by atoms with E-state index in [0.29, 0.717) is 17.7 Å². The van der Waals surface area contributed by atoms with Crippen molar-refractivity contribution in [3.63, 3.8) is 0 Å². The van der Waals surface area contributed by atoms with Crippen LogP contribution in [0.2, 0.25) is 0 Å². The molecule has 1 unspecified atom stereocenters. The Balaban J connectivity index is 2.39. The average Bonchev–Trinajstić information content (AvgIpc) is 2.15. The van der Waals surface area contributed by atoms with Crippen molar-refractivity contribution >= 4 is 5.78 Å². The summed E-state index contributed by atoms with van der Waals surface area (Å²) < 4.78 is 5.77. The minimum absolute atomic E-state index is 0.0844. The van der Waals surface area contributed by atoms with Crippen LogP contribution in [0.15, 0.2) is 18.2 Å². The van der Waals surface area contributed by atoms with Crippen LogP contribution in [0, 0.1) is 5.41 Å². The Morgan fingerprint density at radius 1 is 1.38 bits per heavy atom. The van der Waals surface area contributed by atoms with Gasteiger partial charge in [-0.25, -0.2) is 0 Å². The average molecular weight is 220 g/mol. The van der Waals surface area contributed by atoms with Crippen molar-refractivity contribution in [2.24, 2.45) is 5.41 Å². The molecule has 16 heavy (non-hydrogen) atoms. The van der Waals surface area contributed by atoms with Crippen molar-refractivity contribution < 1.29 is 14.6 Å². The molecule has 2 rings (SSSR count). The van der Waals surface area contributed by atoms with Crippen LogP contribution in [-0.4, -0.2) is 17.0 Å². The molecule has 0 spiro atoms. The van der Waals surface area contributed by atoms with Gasteiger partial charge in [0.05, 0.1) is 5.56 Å². The molecule has 0 amide bonds. The van der Waals surface area contributed by atoms with E-state index in [2.05, 4.69) is 0 Å². The van der Waals surface area contributed by atoms with E-state index < -0.39 is 0 Å². The van der Waals surface area contributed by atoms with Crippen LogP contribution < -0.4 is 4.74 Å². The lowest BCUT2D eigenvalue weighted by Crippen LogP contribution is -2.37. The Hall–Kier alpha value is -1.51. The van der Waals surface area contributed by atoms with Crippen molar-refractivity contribution in [1.29, 1.82) is 0 Å². The molecule has 0 saturated carbocycles. The fourth-order valence-corrected chi connectivity index (χ4v) is 1.80. The van der Waals surface area contributed by atoms with E-state index in [1.807, 2.05) is 20.8 Å². The first-order valence-corrected chi connectivity index (χ1v) is 5.41. The highest BCUT2D eigenvalue weighted by Gasteiger charge is 2.34. The molecule has 1 aromatic carbocycles. The number of hydrogen-bond acceptors (Lipinski definition) is 3. The highest BCUT2D eigenvalue weighted by molar-refractivity contribution is 6.00. The number of benzene rings is 1. The van der Waals surface area contributed by atoms with Crippen LogP contribution >= 0.6 is 0 Å². The number of fused-ring (bicyclic) bond motifs is 1. The van der Waals surface area contributed by atoms with Crippen LogP contribution in [-0.2, 0) is 0 Å². The van der Waals surface area contributed by atoms with E-state index in [1.165, 1.54) is 12.1 Å². The largest absolute Gasteiger partial charge is 0.508 e. The van der Waals surface area contributed by atoms with Crippen LogP contribution in [0.25, 0.3) is 0 Å². The molecular formula is C13H16O3. The number of Topliss-reactive ketones (excluding diaryl/α,β-unsaturated/α-hetero) is 1. The lowest BCUT2D eigenvalue weighted by atomic mass is 9.83. The number of aromatic hydroxyl groups is 1. The fourth-order valence-electron chi connectivity index (χ4n) is 1.80. The van der Waals surface area contributed by atoms with Gasteiger partial charge >= 0.3 is 0 Å². The molecule has 0 radical (unpaired) electrons. The predicted octanol–water partition coefficient (Wildman–Crippen LogP) is 2.77. The normalized spacial score (nSPS) is 20.2. The molecule has 0 bridgehead atoms. The summed E-state index contributed by atoms with van der Waals surface area (Å²) in [6.45, 7) is 6.12. The highest BCUT2D eigenvalue weighted by atomic mass is 16.5. The van der Waals surface area contributed by atoms with E-state index in [-0.39, 0.29) is 23.1 Å². The van der Waals surface area contributed by atoms with Gasteiger partial charge in [-0.3, -0.25) is 4.79 Å². The molecule has 1 heterocycles. The van der Waals surface area contributed by atoms with Gasteiger partial charge in [0.2, 0.25) is 0 Å². The second-order valence-electron chi connectivity index (χ2n) is 5.28. The first kappa shape index (κ1) is 11.0. The third-order valence-electron chi connectivity index (χ3n) is 2.87.